The lowest BCUT2D eigenvalue weighted by molar-refractivity contribution is 0.0730. The van der Waals surface area contributed by atoms with Crippen molar-refractivity contribution in [2.75, 3.05) is 0 Å². The molecule has 0 heterocycles. The summed E-state index contributed by atoms with van der Waals surface area (Å²) in [6.07, 6.45) is 5.89. The minimum absolute atomic E-state index is 0.309. The molecule has 0 aromatic heterocycles. The van der Waals surface area contributed by atoms with Crippen LogP contribution in [0.25, 0.3) is 0 Å². The van der Waals surface area contributed by atoms with Crippen molar-refractivity contribution in [3.05, 3.63) is 95.1 Å². The molecular weight excluding hydrogens is 402 g/mol. The SMILES string of the molecule is CCCCCCc1ccc(OC(=O)c2ccc(OC(=O)c3ccc(C#N)cc3)cc2)cc1. The van der Waals surface area contributed by atoms with Gasteiger partial charge in [0, 0.05) is 0 Å². The number of nitrogens with zero attached hydrogens (tertiary/aromatic N) is 1. The van der Waals surface area contributed by atoms with E-state index >= 15 is 0 Å². The maximum Gasteiger partial charge on any atom is 0.343 e. The third kappa shape index (κ3) is 6.55. The number of carbonyl (C=O) groups excluding carboxylic acids is 2. The highest BCUT2D eigenvalue weighted by atomic mass is 16.5. The monoisotopic (exact) mass is 427 g/mol. The largest absolute Gasteiger partial charge is 0.423 e. The molecule has 3 rings (SSSR count). The second-order valence-corrected chi connectivity index (χ2v) is 7.45. The Kier molecular flexibility index (Phi) is 8.16. The van der Waals surface area contributed by atoms with E-state index in [1.165, 1.54) is 49.1 Å². The molecule has 0 aliphatic heterocycles. The summed E-state index contributed by atoms with van der Waals surface area (Å²) in [6.45, 7) is 2.20. The Morgan fingerprint density at radius 2 is 1.22 bits per heavy atom. The lowest BCUT2D eigenvalue weighted by Gasteiger charge is -2.07. The van der Waals surface area contributed by atoms with Crippen LogP contribution in [-0.4, -0.2) is 11.9 Å². The Balaban J connectivity index is 1.53. The number of rotatable bonds is 9. The number of nitriles is 1. The zero-order valence-corrected chi connectivity index (χ0v) is 18.0. The van der Waals surface area contributed by atoms with E-state index in [0.29, 0.717) is 28.2 Å². The molecular formula is C27H25NO4. The summed E-state index contributed by atoms with van der Waals surface area (Å²) in [6, 6.07) is 21.9. The summed E-state index contributed by atoms with van der Waals surface area (Å²) in [4.78, 5) is 24.6. The first-order chi connectivity index (χ1) is 15.6. The third-order valence-corrected chi connectivity index (χ3v) is 5.00. The van der Waals surface area contributed by atoms with E-state index < -0.39 is 11.9 Å². The van der Waals surface area contributed by atoms with Crippen LogP contribution in [0.3, 0.4) is 0 Å². The Morgan fingerprint density at radius 1 is 0.719 bits per heavy atom. The molecule has 0 bridgehead atoms. The molecule has 0 aliphatic rings. The van der Waals surface area contributed by atoms with Gasteiger partial charge in [-0.1, -0.05) is 38.3 Å². The highest BCUT2D eigenvalue weighted by molar-refractivity contribution is 5.92. The average molecular weight is 428 g/mol. The van der Waals surface area contributed by atoms with Gasteiger partial charge in [-0.15, -0.1) is 0 Å². The van der Waals surface area contributed by atoms with Crippen LogP contribution in [0.2, 0.25) is 0 Å². The van der Waals surface area contributed by atoms with E-state index in [9.17, 15) is 9.59 Å². The van der Waals surface area contributed by atoms with Gasteiger partial charge in [-0.3, -0.25) is 0 Å². The average Bonchev–Trinajstić information content (AvgIpc) is 2.83. The third-order valence-electron chi connectivity index (χ3n) is 5.00. The molecule has 0 aliphatic carbocycles. The molecule has 0 amide bonds. The number of aryl methyl sites for hydroxylation is 1. The number of benzene rings is 3. The van der Waals surface area contributed by atoms with Gasteiger partial charge in [0.2, 0.25) is 0 Å². The molecule has 3 aromatic rings. The van der Waals surface area contributed by atoms with Crippen LogP contribution in [0, 0.1) is 11.3 Å². The van der Waals surface area contributed by atoms with Gasteiger partial charge in [0.25, 0.3) is 0 Å². The first-order valence-corrected chi connectivity index (χ1v) is 10.7. The van der Waals surface area contributed by atoms with Crippen LogP contribution in [-0.2, 0) is 6.42 Å². The number of unbranched alkanes of at least 4 members (excludes halogenated alkanes) is 3. The zero-order valence-electron chi connectivity index (χ0n) is 18.0. The standard InChI is InChI=1S/C27H25NO4/c1-2-3-4-5-6-20-9-15-24(16-10-20)31-27(30)23-13-17-25(18-14-23)32-26(29)22-11-7-21(19-28)8-12-22/h7-18H,2-6H2,1H3. The van der Waals surface area contributed by atoms with Crippen LogP contribution < -0.4 is 9.47 Å². The first kappa shape index (κ1) is 22.8. The van der Waals surface area contributed by atoms with Gasteiger partial charge < -0.3 is 9.47 Å². The van der Waals surface area contributed by atoms with Crippen LogP contribution in [0.5, 0.6) is 11.5 Å². The topological polar surface area (TPSA) is 76.4 Å². The molecule has 0 fully saturated rings. The molecule has 5 heteroatoms. The number of hydrogen-bond donors (Lipinski definition) is 0. The Morgan fingerprint density at radius 3 is 1.72 bits per heavy atom. The summed E-state index contributed by atoms with van der Waals surface area (Å²) in [5.74, 6) is -0.225. The van der Waals surface area contributed by atoms with Crippen molar-refractivity contribution in [1.82, 2.24) is 0 Å². The van der Waals surface area contributed by atoms with E-state index in [0.717, 1.165) is 12.8 Å². The zero-order chi connectivity index (χ0) is 22.8. The molecule has 32 heavy (non-hydrogen) atoms. The van der Waals surface area contributed by atoms with Gasteiger partial charge >= 0.3 is 11.9 Å². The van der Waals surface area contributed by atoms with Crippen LogP contribution in [0.15, 0.2) is 72.8 Å². The van der Waals surface area contributed by atoms with Crippen molar-refractivity contribution >= 4 is 11.9 Å². The fourth-order valence-electron chi connectivity index (χ4n) is 3.15. The molecule has 0 unspecified atom stereocenters. The van der Waals surface area contributed by atoms with E-state index in [-0.39, 0.29) is 0 Å². The van der Waals surface area contributed by atoms with E-state index in [4.69, 9.17) is 14.7 Å². The number of hydrogen-bond acceptors (Lipinski definition) is 5. The number of ether oxygens (including phenoxy) is 2. The van der Waals surface area contributed by atoms with Crippen LogP contribution in [0.4, 0.5) is 0 Å². The maximum absolute atomic E-state index is 12.4. The molecule has 5 nitrogen and oxygen atoms in total. The molecule has 0 spiro atoms. The van der Waals surface area contributed by atoms with Crippen molar-refractivity contribution in [3.63, 3.8) is 0 Å². The van der Waals surface area contributed by atoms with Gasteiger partial charge in [0.05, 0.1) is 22.8 Å². The second-order valence-electron chi connectivity index (χ2n) is 7.45. The summed E-state index contributed by atoms with van der Waals surface area (Å²) in [7, 11) is 0. The number of carbonyl (C=O) groups is 2. The van der Waals surface area contributed by atoms with Gasteiger partial charge in [-0.25, -0.2) is 9.59 Å². The van der Waals surface area contributed by atoms with Crippen molar-refractivity contribution in [3.8, 4) is 17.6 Å². The lowest BCUT2D eigenvalue weighted by Crippen LogP contribution is -2.10. The molecule has 0 saturated heterocycles. The second kappa shape index (κ2) is 11.5. The summed E-state index contributed by atoms with van der Waals surface area (Å²) >= 11 is 0. The highest BCUT2D eigenvalue weighted by Gasteiger charge is 2.12. The number of esters is 2. The molecule has 0 atom stereocenters. The normalized spacial score (nSPS) is 10.2. The minimum Gasteiger partial charge on any atom is -0.423 e. The maximum atomic E-state index is 12.4. The predicted molar refractivity (Wildman–Crippen MR) is 122 cm³/mol. The van der Waals surface area contributed by atoms with Gasteiger partial charge in [-0.2, -0.15) is 5.26 Å². The van der Waals surface area contributed by atoms with Crippen LogP contribution in [0.1, 0.15) is 64.4 Å². The van der Waals surface area contributed by atoms with Gasteiger partial charge in [-0.05, 0) is 79.1 Å². The van der Waals surface area contributed by atoms with Gasteiger partial charge in [0.15, 0.2) is 0 Å². The molecule has 3 aromatic carbocycles. The first-order valence-electron chi connectivity index (χ1n) is 10.7. The summed E-state index contributed by atoms with van der Waals surface area (Å²) in [5.41, 5.74) is 2.38. The quantitative estimate of drug-likeness (QED) is 0.234. The lowest BCUT2D eigenvalue weighted by atomic mass is 10.1. The smallest absolute Gasteiger partial charge is 0.343 e. The predicted octanol–water partition coefficient (Wildman–Crippen LogP) is 6.12. The van der Waals surface area contributed by atoms with Crippen molar-refractivity contribution in [1.29, 1.82) is 5.26 Å². The Labute approximate surface area is 188 Å². The van der Waals surface area contributed by atoms with E-state index in [1.54, 1.807) is 36.4 Å². The fraction of sp³-hybridized carbons (Fsp3) is 0.222. The highest BCUT2D eigenvalue weighted by Crippen LogP contribution is 2.19. The summed E-state index contributed by atoms with van der Waals surface area (Å²) in [5, 5.41) is 8.82. The van der Waals surface area contributed by atoms with E-state index in [1.807, 2.05) is 18.2 Å². The molecule has 0 saturated carbocycles. The molecule has 0 radical (unpaired) electrons. The van der Waals surface area contributed by atoms with Crippen molar-refractivity contribution < 1.29 is 19.1 Å². The van der Waals surface area contributed by atoms with Gasteiger partial charge in [0.1, 0.15) is 11.5 Å². The minimum atomic E-state index is -0.542. The van der Waals surface area contributed by atoms with E-state index in [2.05, 4.69) is 6.92 Å². The molecule has 162 valence electrons. The van der Waals surface area contributed by atoms with Crippen molar-refractivity contribution in [2.45, 2.75) is 39.0 Å². The fourth-order valence-corrected chi connectivity index (χ4v) is 3.15. The summed E-state index contributed by atoms with van der Waals surface area (Å²) < 4.78 is 10.8. The van der Waals surface area contributed by atoms with Crippen LogP contribution >= 0.6 is 0 Å². The Bertz CT molecular complexity index is 1080. The Hall–Kier alpha value is -3.91. The van der Waals surface area contributed by atoms with Crippen molar-refractivity contribution in [2.24, 2.45) is 0 Å². The molecule has 0 N–H and O–H groups in total.